The van der Waals surface area contributed by atoms with Gasteiger partial charge in [0.15, 0.2) is 19.7 Å². The zero-order valence-electron chi connectivity index (χ0n) is 17.3. The normalized spacial score (nSPS) is 12.4. The topological polar surface area (TPSA) is 131 Å². The zero-order chi connectivity index (χ0) is 24.4. The summed E-state index contributed by atoms with van der Waals surface area (Å²) in [5, 5.41) is 5.48. The third kappa shape index (κ3) is 5.96. The van der Waals surface area contributed by atoms with Gasteiger partial charge < -0.3 is 10.6 Å². The largest absolute Gasteiger partial charge is 0.417 e. The lowest BCUT2D eigenvalue weighted by Gasteiger charge is -2.13. The molecule has 0 atom stereocenters. The molecule has 3 aromatic rings. The average Bonchev–Trinajstić information content (AvgIpc) is 2.73. The summed E-state index contributed by atoms with van der Waals surface area (Å²) in [6.07, 6.45) is -1.75. The number of nitrogens with zero attached hydrogens (tertiary/aromatic N) is 3. The Kier molecular flexibility index (Phi) is 6.61. The van der Waals surface area contributed by atoms with Crippen LogP contribution >= 0.6 is 0 Å². The van der Waals surface area contributed by atoms with Crippen LogP contribution in [0.25, 0.3) is 0 Å². The molecule has 0 bridgehead atoms. The number of aromatic nitrogens is 3. The van der Waals surface area contributed by atoms with Gasteiger partial charge in [-0.25, -0.2) is 31.8 Å². The number of rotatable bonds is 7. The minimum absolute atomic E-state index is 0.00988. The van der Waals surface area contributed by atoms with Crippen molar-refractivity contribution in [2.24, 2.45) is 0 Å². The molecule has 2 aromatic heterocycles. The maximum atomic E-state index is 12.7. The third-order valence-corrected chi connectivity index (χ3v) is 7.25. The third-order valence-electron chi connectivity index (χ3n) is 4.37. The first-order valence-corrected chi connectivity index (χ1v) is 12.8. The lowest BCUT2D eigenvalue weighted by molar-refractivity contribution is -0.137. The van der Waals surface area contributed by atoms with Crippen molar-refractivity contribution < 1.29 is 30.0 Å². The summed E-state index contributed by atoms with van der Waals surface area (Å²) in [4.78, 5) is 11.4. The Bertz CT molecular complexity index is 1380. The van der Waals surface area contributed by atoms with E-state index >= 15 is 0 Å². The van der Waals surface area contributed by atoms with E-state index in [1.165, 1.54) is 31.2 Å². The molecule has 0 aliphatic heterocycles. The van der Waals surface area contributed by atoms with Crippen molar-refractivity contribution in [2.75, 3.05) is 22.6 Å². The molecule has 9 nitrogen and oxygen atoms in total. The van der Waals surface area contributed by atoms with Crippen molar-refractivity contribution in [1.29, 1.82) is 0 Å². The molecule has 0 aliphatic rings. The molecular formula is C19H18F3N5O4S2. The van der Waals surface area contributed by atoms with Gasteiger partial charge in [0.1, 0.15) is 23.8 Å². The molecule has 176 valence electrons. The van der Waals surface area contributed by atoms with Gasteiger partial charge in [0.2, 0.25) is 0 Å². The monoisotopic (exact) mass is 501 g/mol. The van der Waals surface area contributed by atoms with Crippen LogP contribution in [0.3, 0.4) is 0 Å². The van der Waals surface area contributed by atoms with Crippen LogP contribution in [0, 0.1) is 0 Å². The summed E-state index contributed by atoms with van der Waals surface area (Å²) in [6, 6.07) is 6.93. The summed E-state index contributed by atoms with van der Waals surface area (Å²) in [7, 11) is -7.32. The lowest BCUT2D eigenvalue weighted by Crippen LogP contribution is -2.08. The van der Waals surface area contributed by atoms with Gasteiger partial charge in [-0.15, -0.1) is 0 Å². The Balaban J connectivity index is 1.92. The molecule has 0 spiro atoms. The average molecular weight is 502 g/mol. The highest BCUT2D eigenvalue weighted by molar-refractivity contribution is 7.91. The number of alkyl halides is 3. The lowest BCUT2D eigenvalue weighted by atomic mass is 10.3. The predicted octanol–water partition coefficient (Wildman–Crippen LogP) is 3.57. The second-order valence-corrected chi connectivity index (χ2v) is 11.1. The number of hydrogen-bond acceptors (Lipinski definition) is 9. The van der Waals surface area contributed by atoms with Crippen LogP contribution in [0.4, 0.5) is 36.3 Å². The van der Waals surface area contributed by atoms with Crippen molar-refractivity contribution in [3.8, 4) is 0 Å². The van der Waals surface area contributed by atoms with Crippen LogP contribution in [0.1, 0.15) is 12.5 Å². The first-order valence-electron chi connectivity index (χ1n) is 9.26. The number of hydrogen-bond donors (Lipinski definition) is 2. The minimum Gasteiger partial charge on any atom is -0.339 e. The van der Waals surface area contributed by atoms with E-state index in [-0.39, 0.29) is 38.7 Å². The molecule has 3 rings (SSSR count). The number of halogens is 3. The van der Waals surface area contributed by atoms with Crippen molar-refractivity contribution in [3.05, 3.63) is 54.5 Å². The van der Waals surface area contributed by atoms with E-state index in [0.29, 0.717) is 6.20 Å². The molecule has 14 heteroatoms. The standard InChI is InChI=1S/C19H18F3N5O4S2/c1-3-33(30,31)13-5-6-15(32(2,28)29)14(8-13)26-17-9-18(25-11-24-17)27-16-7-4-12(10-23-16)19(20,21)22/h4-11H,3H2,1-2H3,(H2,23,24,25,26,27). The van der Waals surface area contributed by atoms with Crippen LogP contribution in [-0.4, -0.2) is 43.8 Å². The molecule has 33 heavy (non-hydrogen) atoms. The summed E-state index contributed by atoms with van der Waals surface area (Å²) in [6.45, 7) is 1.46. The molecule has 0 saturated heterocycles. The summed E-state index contributed by atoms with van der Waals surface area (Å²) < 4.78 is 86.8. The number of nitrogens with one attached hydrogen (secondary N) is 2. The Hall–Kier alpha value is -3.26. The fourth-order valence-electron chi connectivity index (χ4n) is 2.69. The first kappa shape index (κ1) is 24.4. The highest BCUT2D eigenvalue weighted by Gasteiger charge is 2.30. The molecule has 2 heterocycles. The molecule has 0 unspecified atom stereocenters. The van der Waals surface area contributed by atoms with Gasteiger partial charge in [-0.05, 0) is 30.3 Å². The summed E-state index contributed by atoms with van der Waals surface area (Å²) in [5.41, 5.74) is -0.919. The number of anilines is 4. The fraction of sp³-hybridized carbons (Fsp3) is 0.211. The molecular weight excluding hydrogens is 483 g/mol. The maximum absolute atomic E-state index is 12.7. The van der Waals surface area contributed by atoms with E-state index in [4.69, 9.17) is 0 Å². The van der Waals surface area contributed by atoms with Crippen LogP contribution in [-0.2, 0) is 25.9 Å². The molecule has 2 N–H and O–H groups in total. The van der Waals surface area contributed by atoms with Gasteiger partial charge in [0.05, 0.1) is 26.8 Å². The van der Waals surface area contributed by atoms with Crippen LogP contribution in [0.5, 0.6) is 0 Å². The Morgan fingerprint density at radius 3 is 2.09 bits per heavy atom. The van der Waals surface area contributed by atoms with E-state index in [0.717, 1.165) is 24.7 Å². The summed E-state index contributed by atoms with van der Waals surface area (Å²) in [5.74, 6) is 0.167. The van der Waals surface area contributed by atoms with Gasteiger partial charge in [-0.1, -0.05) is 6.92 Å². The van der Waals surface area contributed by atoms with E-state index in [1.54, 1.807) is 0 Å². The summed E-state index contributed by atoms with van der Waals surface area (Å²) >= 11 is 0. The Labute approximate surface area is 188 Å². The maximum Gasteiger partial charge on any atom is 0.417 e. The molecule has 0 radical (unpaired) electrons. The van der Waals surface area contributed by atoms with E-state index in [9.17, 15) is 30.0 Å². The molecule has 1 aromatic carbocycles. The van der Waals surface area contributed by atoms with E-state index in [2.05, 4.69) is 25.6 Å². The number of pyridine rings is 1. The first-order chi connectivity index (χ1) is 15.3. The van der Waals surface area contributed by atoms with Crippen LogP contribution in [0.15, 0.2) is 58.7 Å². The molecule has 0 amide bonds. The Morgan fingerprint density at radius 1 is 0.879 bits per heavy atom. The van der Waals surface area contributed by atoms with Gasteiger partial charge in [-0.2, -0.15) is 13.2 Å². The van der Waals surface area contributed by atoms with Crippen LogP contribution < -0.4 is 10.6 Å². The number of benzene rings is 1. The quantitative estimate of drug-likeness (QED) is 0.499. The van der Waals surface area contributed by atoms with Crippen molar-refractivity contribution in [1.82, 2.24) is 15.0 Å². The van der Waals surface area contributed by atoms with Crippen molar-refractivity contribution in [2.45, 2.75) is 22.9 Å². The number of sulfone groups is 2. The fourth-order valence-corrected chi connectivity index (χ4v) is 4.42. The highest BCUT2D eigenvalue weighted by Crippen LogP contribution is 2.30. The predicted molar refractivity (Wildman–Crippen MR) is 115 cm³/mol. The SMILES string of the molecule is CCS(=O)(=O)c1ccc(S(C)(=O)=O)c(Nc2cc(Nc3ccc(C(F)(F)F)cn3)ncn2)c1. The second kappa shape index (κ2) is 8.94. The van der Waals surface area contributed by atoms with Gasteiger partial charge in [-0.3, -0.25) is 0 Å². The van der Waals surface area contributed by atoms with Crippen molar-refractivity contribution >= 4 is 42.8 Å². The van der Waals surface area contributed by atoms with E-state index in [1.807, 2.05) is 0 Å². The molecule has 0 fully saturated rings. The van der Waals surface area contributed by atoms with Crippen molar-refractivity contribution in [3.63, 3.8) is 0 Å². The van der Waals surface area contributed by atoms with E-state index < -0.39 is 31.4 Å². The second-order valence-electron chi connectivity index (χ2n) is 6.80. The smallest absolute Gasteiger partial charge is 0.339 e. The molecule has 0 saturated carbocycles. The zero-order valence-corrected chi connectivity index (χ0v) is 18.9. The van der Waals surface area contributed by atoms with Gasteiger partial charge in [0.25, 0.3) is 0 Å². The van der Waals surface area contributed by atoms with Crippen LogP contribution in [0.2, 0.25) is 0 Å². The van der Waals surface area contributed by atoms with Gasteiger partial charge in [0, 0.05) is 18.5 Å². The Morgan fingerprint density at radius 2 is 1.55 bits per heavy atom. The minimum atomic E-state index is -4.52. The highest BCUT2D eigenvalue weighted by atomic mass is 32.2. The van der Waals surface area contributed by atoms with Gasteiger partial charge >= 0.3 is 6.18 Å². The molecule has 0 aliphatic carbocycles.